The van der Waals surface area contributed by atoms with Crippen molar-refractivity contribution < 1.29 is 45.1 Å². The molecule has 0 saturated heterocycles. The summed E-state index contributed by atoms with van der Waals surface area (Å²) in [6, 6.07) is 0. The summed E-state index contributed by atoms with van der Waals surface area (Å²) in [4.78, 5) is 0. The molecule has 0 aromatic carbocycles. The average Bonchev–Trinajstić information content (AvgIpc) is 1.46. The van der Waals surface area contributed by atoms with Gasteiger partial charge in [0.25, 0.3) is 0 Å². The van der Waals surface area contributed by atoms with Gasteiger partial charge in [-0.25, -0.2) is 0 Å². The molecular formula is ClO2Ti2. The molecule has 0 atom stereocenters. The summed E-state index contributed by atoms with van der Waals surface area (Å²) < 4.78 is 17.0. The number of hydrogen-bond donors (Lipinski definition) is 0. The predicted octanol–water partition coefficient (Wildman–Crippen LogP) is 0.447. The number of rotatable bonds is 0. The van der Waals surface area contributed by atoms with Crippen LogP contribution in [0.25, 0.3) is 0 Å². The Labute approximate surface area is 54.1 Å². The van der Waals surface area contributed by atoms with Crippen LogP contribution < -0.4 is 0 Å². The molecule has 2 nitrogen and oxygen atoms in total. The van der Waals surface area contributed by atoms with Gasteiger partial charge in [-0.1, -0.05) is 0 Å². The Balaban J connectivity index is 0. The van der Waals surface area contributed by atoms with E-state index in [4.69, 9.17) is 6.65 Å². The Morgan fingerprint density at radius 1 is 1.40 bits per heavy atom. The van der Waals surface area contributed by atoms with Crippen molar-refractivity contribution in [2.45, 2.75) is 0 Å². The van der Waals surface area contributed by atoms with Crippen LogP contribution in [0, 0.1) is 0 Å². The van der Waals surface area contributed by atoms with Crippen molar-refractivity contribution in [1.29, 1.82) is 0 Å². The van der Waals surface area contributed by atoms with Crippen molar-refractivity contribution in [3.8, 4) is 0 Å². The normalized spacial score (nSPS) is 2.40. The van der Waals surface area contributed by atoms with E-state index in [-0.39, 0.29) is 0 Å². The third kappa shape index (κ3) is 33.7. The van der Waals surface area contributed by atoms with Crippen LogP contribution in [0.5, 0.6) is 0 Å². The van der Waals surface area contributed by atoms with Crippen LogP contribution in [0.4, 0.5) is 0 Å². The van der Waals surface area contributed by atoms with E-state index in [1.54, 1.807) is 0 Å². The van der Waals surface area contributed by atoms with Gasteiger partial charge in [-0.05, 0) is 0 Å². The van der Waals surface area contributed by atoms with E-state index < -0.39 is 19.1 Å². The predicted molar refractivity (Wildman–Crippen MR) is 7.23 cm³/mol. The summed E-state index contributed by atoms with van der Waals surface area (Å²) in [6.07, 6.45) is 0. The molecule has 0 aromatic heterocycles. The molecule has 0 bridgehead atoms. The minimum absolute atomic E-state index is 1.47. The Morgan fingerprint density at radius 3 is 1.40 bits per heavy atom. The summed E-state index contributed by atoms with van der Waals surface area (Å²) >= 11 is -0.528. The second-order valence-corrected chi connectivity index (χ2v) is 0.344. The fourth-order valence-corrected chi connectivity index (χ4v) is 0. The first-order valence-electron chi connectivity index (χ1n) is 0.597. The van der Waals surface area contributed by atoms with E-state index in [0.717, 1.165) is 0 Å². The standard InChI is InChI=1S/ClH.2O.2Ti/h1H;;;;/q;;;;+1/p-1. The topological polar surface area (TPSA) is 34.1 Å². The van der Waals surface area contributed by atoms with Crippen molar-refractivity contribution in [2.75, 3.05) is 0 Å². The molecule has 0 saturated carbocycles. The van der Waals surface area contributed by atoms with E-state index in [1.165, 1.54) is 19.4 Å². The first kappa shape index (κ1) is 9.58. The zero-order chi connectivity index (χ0) is 4.71. The van der Waals surface area contributed by atoms with E-state index in [1.807, 2.05) is 0 Å². The Hall–Kier alpha value is 1.32. The molecule has 0 aliphatic heterocycles. The molecule has 0 radical (unpaired) electrons. The zero-order valence-electron chi connectivity index (χ0n) is 2.19. The zero-order valence-corrected chi connectivity index (χ0v) is 6.07. The Morgan fingerprint density at radius 2 is 1.40 bits per heavy atom. The first-order valence-corrected chi connectivity index (χ1v) is 4.02. The van der Waals surface area contributed by atoms with Crippen LogP contribution in [-0.4, -0.2) is 0 Å². The quantitative estimate of drug-likeness (QED) is 0.486. The van der Waals surface area contributed by atoms with Crippen LogP contribution in [0.15, 0.2) is 0 Å². The van der Waals surface area contributed by atoms with Crippen LogP contribution in [-0.2, 0) is 45.1 Å². The van der Waals surface area contributed by atoms with E-state index in [9.17, 15) is 0 Å². The Bertz CT molecular complexity index is 28.6. The minimum atomic E-state index is -2.00. The second-order valence-electron chi connectivity index (χ2n) is 0.0833. The van der Waals surface area contributed by atoms with Gasteiger partial charge in [-0.3, -0.25) is 0 Å². The number of hydrogen-bond acceptors (Lipinski definition) is 2. The van der Waals surface area contributed by atoms with Gasteiger partial charge in [-0.15, -0.1) is 0 Å². The Kier molecular flexibility index (Phi) is 35.4. The van der Waals surface area contributed by atoms with Crippen LogP contribution in [0.3, 0.4) is 0 Å². The van der Waals surface area contributed by atoms with Crippen LogP contribution in [0.1, 0.15) is 0 Å². The third-order valence-corrected chi connectivity index (χ3v) is 0. The molecule has 0 heterocycles. The molecule has 0 rings (SSSR count). The molecule has 27 valence electrons. The molecule has 0 aliphatic carbocycles. The fourth-order valence-electron chi connectivity index (χ4n) is 0. The molecule has 0 N–H and O–H groups in total. The van der Waals surface area contributed by atoms with Gasteiger partial charge < -0.3 is 0 Å². The van der Waals surface area contributed by atoms with E-state index >= 15 is 0 Å². The molecule has 0 aliphatic rings. The van der Waals surface area contributed by atoms with Gasteiger partial charge in [0.2, 0.25) is 0 Å². The van der Waals surface area contributed by atoms with Gasteiger partial charge in [0.1, 0.15) is 0 Å². The van der Waals surface area contributed by atoms with Crippen LogP contribution in [0.2, 0.25) is 0 Å². The summed E-state index contributed by atoms with van der Waals surface area (Å²) in [7, 11) is 4.64. The monoisotopic (exact) mass is 163 g/mol. The third-order valence-electron chi connectivity index (χ3n) is 0. The summed E-state index contributed by atoms with van der Waals surface area (Å²) in [5, 5.41) is 0. The molecule has 5 heavy (non-hydrogen) atoms. The van der Waals surface area contributed by atoms with Crippen molar-refractivity contribution in [3.63, 3.8) is 0 Å². The summed E-state index contributed by atoms with van der Waals surface area (Å²) in [5.41, 5.74) is 0. The van der Waals surface area contributed by atoms with Gasteiger partial charge in [0.15, 0.2) is 0 Å². The SMILES string of the molecule is [Cl][Ti].[O]=[Ti]=[O]. The first-order chi connectivity index (χ1) is 2.41. The molecule has 0 fully saturated rings. The summed E-state index contributed by atoms with van der Waals surface area (Å²) in [5.74, 6) is 0. The van der Waals surface area contributed by atoms with Gasteiger partial charge >= 0.3 is 54.4 Å². The van der Waals surface area contributed by atoms with Crippen LogP contribution >= 0.6 is 9.30 Å². The van der Waals surface area contributed by atoms with Gasteiger partial charge in [0, 0.05) is 0 Å². The molecule has 0 aromatic rings. The summed E-state index contributed by atoms with van der Waals surface area (Å²) in [6.45, 7) is 0. The van der Waals surface area contributed by atoms with Gasteiger partial charge in [0.05, 0.1) is 0 Å². The molecule has 0 unspecified atom stereocenters. The molecule has 5 heteroatoms. The average molecular weight is 163 g/mol. The van der Waals surface area contributed by atoms with E-state index in [0.29, 0.717) is 0 Å². The van der Waals surface area contributed by atoms with E-state index in [2.05, 4.69) is 9.30 Å². The molecule has 0 spiro atoms. The molecule has 0 amide bonds. The van der Waals surface area contributed by atoms with Crippen molar-refractivity contribution >= 4 is 9.30 Å². The van der Waals surface area contributed by atoms with Crippen molar-refractivity contribution in [3.05, 3.63) is 0 Å². The maximum atomic E-state index is 8.50. The maximum absolute atomic E-state index is 8.50. The second kappa shape index (κ2) is 18.5. The molecular weight excluding hydrogens is 163 g/mol. The fraction of sp³-hybridized carbons (Fsp3) is 0. The van der Waals surface area contributed by atoms with Crippen molar-refractivity contribution in [1.82, 2.24) is 0 Å². The number of halogens is 1. The van der Waals surface area contributed by atoms with Gasteiger partial charge in [-0.2, -0.15) is 0 Å². The van der Waals surface area contributed by atoms with Crippen molar-refractivity contribution in [2.24, 2.45) is 0 Å².